The van der Waals surface area contributed by atoms with Crippen LogP contribution in [0, 0.1) is 11.6 Å². The molecule has 0 N–H and O–H groups in total. The van der Waals surface area contributed by atoms with Crippen LogP contribution < -0.4 is 9.31 Å². The summed E-state index contributed by atoms with van der Waals surface area (Å²) in [6, 6.07) is 7.58. The minimum atomic E-state index is -0.615. The zero-order chi connectivity index (χ0) is 13.8. The molecule has 0 saturated heterocycles. The van der Waals surface area contributed by atoms with Gasteiger partial charge in [-0.25, -0.2) is 8.78 Å². The fraction of sp³-hybridized carbons (Fsp3) is 0. The molecule has 2 nitrogen and oxygen atoms in total. The Balaban J connectivity index is 2.00. The number of rotatable bonds is 4. The Kier molecular flexibility index (Phi) is 4.50. The average Bonchev–Trinajstić information content (AvgIpc) is 2.38. The standard InChI is InChI=1S/C12H6BCl2F2O2/c14-7-1-3-9(16)11(5-7)18-13-19-12-6-8(15)2-4-10(12)17/h1-6H. The molecule has 0 aliphatic heterocycles. The van der Waals surface area contributed by atoms with Gasteiger partial charge in [-0.1, -0.05) is 23.2 Å². The summed E-state index contributed by atoms with van der Waals surface area (Å²) in [5.41, 5.74) is 0. The lowest BCUT2D eigenvalue weighted by Gasteiger charge is -2.08. The van der Waals surface area contributed by atoms with Crippen molar-refractivity contribution in [3.63, 3.8) is 0 Å². The molecule has 0 amide bonds. The molecule has 2 rings (SSSR count). The summed E-state index contributed by atoms with van der Waals surface area (Å²) in [6.45, 7) is 0. The quantitative estimate of drug-likeness (QED) is 0.786. The van der Waals surface area contributed by atoms with Crippen molar-refractivity contribution < 1.29 is 18.1 Å². The maximum atomic E-state index is 13.3. The van der Waals surface area contributed by atoms with Crippen molar-refractivity contribution in [2.75, 3.05) is 0 Å². The van der Waals surface area contributed by atoms with Gasteiger partial charge in [-0.2, -0.15) is 0 Å². The third-order valence-electron chi connectivity index (χ3n) is 2.14. The summed E-state index contributed by atoms with van der Waals surface area (Å²) in [5, 5.41) is 0.609. The van der Waals surface area contributed by atoms with E-state index in [0.717, 1.165) is 19.8 Å². The molecule has 0 bridgehead atoms. The number of benzene rings is 2. The Morgan fingerprint density at radius 2 is 1.21 bits per heavy atom. The van der Waals surface area contributed by atoms with Crippen LogP contribution in [0.15, 0.2) is 36.4 Å². The molecule has 0 aliphatic rings. The molecule has 7 heteroatoms. The van der Waals surface area contributed by atoms with Crippen LogP contribution in [0.25, 0.3) is 0 Å². The molecule has 0 atom stereocenters. The molecule has 2 aromatic rings. The van der Waals surface area contributed by atoms with Gasteiger partial charge in [0.05, 0.1) is 0 Å². The van der Waals surface area contributed by atoms with Crippen molar-refractivity contribution >= 4 is 30.9 Å². The molecule has 2 aromatic carbocycles. The van der Waals surface area contributed by atoms with Gasteiger partial charge < -0.3 is 9.31 Å². The van der Waals surface area contributed by atoms with Crippen molar-refractivity contribution in [2.24, 2.45) is 0 Å². The number of hydrogen-bond donors (Lipinski definition) is 0. The molecule has 0 heterocycles. The van der Waals surface area contributed by atoms with Crippen LogP contribution in [0.2, 0.25) is 10.0 Å². The van der Waals surface area contributed by atoms with Crippen molar-refractivity contribution in [3.05, 3.63) is 58.1 Å². The highest BCUT2D eigenvalue weighted by molar-refractivity contribution is 6.31. The van der Waals surface area contributed by atoms with E-state index >= 15 is 0 Å². The van der Waals surface area contributed by atoms with Crippen LogP contribution >= 0.6 is 23.2 Å². The van der Waals surface area contributed by atoms with Crippen LogP contribution in [0.3, 0.4) is 0 Å². The normalized spacial score (nSPS) is 10.1. The van der Waals surface area contributed by atoms with E-state index in [1.807, 2.05) is 0 Å². The van der Waals surface area contributed by atoms with E-state index in [9.17, 15) is 8.78 Å². The lowest BCUT2D eigenvalue weighted by molar-refractivity contribution is 0.421. The molecule has 0 saturated carbocycles. The second kappa shape index (κ2) is 6.13. The van der Waals surface area contributed by atoms with Gasteiger partial charge in [0.25, 0.3) is 0 Å². The zero-order valence-electron chi connectivity index (χ0n) is 9.37. The molecule has 0 fully saturated rings. The van der Waals surface area contributed by atoms with Crippen molar-refractivity contribution in [1.29, 1.82) is 0 Å². The zero-order valence-corrected chi connectivity index (χ0v) is 10.9. The molecular formula is C12H6BCl2F2O2. The van der Waals surface area contributed by atoms with E-state index in [1.165, 1.54) is 24.3 Å². The average molecular weight is 302 g/mol. The Morgan fingerprint density at radius 3 is 1.63 bits per heavy atom. The SMILES string of the molecule is Fc1ccc(Cl)cc1O[B]Oc1cc(Cl)ccc1F. The summed E-state index contributed by atoms with van der Waals surface area (Å²) in [5.74, 6) is -1.49. The fourth-order valence-electron chi connectivity index (χ4n) is 1.26. The molecule has 0 aromatic heterocycles. The van der Waals surface area contributed by atoms with Gasteiger partial charge in [-0.15, -0.1) is 0 Å². The van der Waals surface area contributed by atoms with Crippen molar-refractivity contribution in [3.8, 4) is 11.5 Å². The first-order valence-corrected chi connectivity index (χ1v) is 5.87. The predicted molar refractivity (Wildman–Crippen MR) is 69.8 cm³/mol. The minimum absolute atomic E-state index is 0.130. The van der Waals surface area contributed by atoms with Crippen LogP contribution in [-0.4, -0.2) is 7.69 Å². The molecule has 19 heavy (non-hydrogen) atoms. The van der Waals surface area contributed by atoms with Gasteiger partial charge in [-0.05, 0) is 24.3 Å². The number of hydrogen-bond acceptors (Lipinski definition) is 2. The van der Waals surface area contributed by atoms with Crippen molar-refractivity contribution in [1.82, 2.24) is 0 Å². The monoisotopic (exact) mass is 301 g/mol. The molecule has 0 aliphatic carbocycles. The summed E-state index contributed by atoms with van der Waals surface area (Å²) in [7, 11) is 0.795. The Morgan fingerprint density at radius 1 is 0.789 bits per heavy atom. The van der Waals surface area contributed by atoms with Gasteiger partial charge in [0.1, 0.15) is 11.5 Å². The predicted octanol–water partition coefficient (Wildman–Crippen LogP) is 4.26. The second-order valence-electron chi connectivity index (χ2n) is 3.48. The van der Waals surface area contributed by atoms with Gasteiger partial charge in [0.2, 0.25) is 0 Å². The first kappa shape index (κ1) is 14.0. The Labute approximate surface area is 119 Å². The highest BCUT2D eigenvalue weighted by Gasteiger charge is 2.10. The lowest BCUT2D eigenvalue weighted by atomic mass is 10.3. The van der Waals surface area contributed by atoms with E-state index < -0.39 is 11.6 Å². The summed E-state index contributed by atoms with van der Waals surface area (Å²) < 4.78 is 36.4. The van der Waals surface area contributed by atoms with E-state index in [2.05, 4.69) is 0 Å². The highest BCUT2D eigenvalue weighted by Crippen LogP contribution is 2.23. The summed E-state index contributed by atoms with van der Waals surface area (Å²) in [4.78, 5) is 0. The lowest BCUT2D eigenvalue weighted by Crippen LogP contribution is -2.12. The highest BCUT2D eigenvalue weighted by atomic mass is 35.5. The molecule has 97 valence electrons. The summed E-state index contributed by atoms with van der Waals surface area (Å²) in [6.07, 6.45) is 0. The maximum absolute atomic E-state index is 13.3. The topological polar surface area (TPSA) is 18.5 Å². The van der Waals surface area contributed by atoms with E-state index in [-0.39, 0.29) is 11.5 Å². The van der Waals surface area contributed by atoms with E-state index in [0.29, 0.717) is 10.0 Å². The third kappa shape index (κ3) is 3.75. The van der Waals surface area contributed by atoms with Crippen LogP contribution in [0.5, 0.6) is 11.5 Å². The van der Waals surface area contributed by atoms with Gasteiger partial charge >= 0.3 is 7.69 Å². The first-order valence-electron chi connectivity index (χ1n) is 5.11. The first-order chi connectivity index (χ1) is 9.06. The second-order valence-corrected chi connectivity index (χ2v) is 4.35. The molecule has 0 spiro atoms. The van der Waals surface area contributed by atoms with Crippen LogP contribution in [-0.2, 0) is 0 Å². The van der Waals surface area contributed by atoms with Gasteiger partial charge in [0.15, 0.2) is 11.6 Å². The molecule has 0 unspecified atom stereocenters. The van der Waals surface area contributed by atoms with Crippen molar-refractivity contribution in [2.45, 2.75) is 0 Å². The number of halogens is 4. The van der Waals surface area contributed by atoms with Crippen LogP contribution in [0.1, 0.15) is 0 Å². The van der Waals surface area contributed by atoms with E-state index in [4.69, 9.17) is 32.5 Å². The fourth-order valence-corrected chi connectivity index (χ4v) is 1.59. The minimum Gasteiger partial charge on any atom is -0.524 e. The third-order valence-corrected chi connectivity index (χ3v) is 2.61. The smallest absolute Gasteiger partial charge is 0.524 e. The molecular weight excluding hydrogens is 296 g/mol. The largest absolute Gasteiger partial charge is 0.658 e. The van der Waals surface area contributed by atoms with E-state index in [1.54, 1.807) is 0 Å². The molecule has 1 radical (unpaired) electrons. The maximum Gasteiger partial charge on any atom is 0.658 e. The summed E-state index contributed by atoms with van der Waals surface area (Å²) >= 11 is 11.4. The van der Waals surface area contributed by atoms with Gasteiger partial charge in [-0.3, -0.25) is 0 Å². The Hall–Kier alpha value is -1.46. The van der Waals surface area contributed by atoms with Gasteiger partial charge in [0, 0.05) is 22.2 Å². The van der Waals surface area contributed by atoms with Crippen LogP contribution in [0.4, 0.5) is 8.78 Å². The Bertz CT molecular complexity index is 544.